The van der Waals surface area contributed by atoms with Gasteiger partial charge in [-0.3, -0.25) is 4.79 Å². The number of benzene rings is 2. The Hall–Kier alpha value is -3.20. The van der Waals surface area contributed by atoms with Crippen LogP contribution in [0.3, 0.4) is 0 Å². The smallest absolute Gasteiger partial charge is 0.251 e. The summed E-state index contributed by atoms with van der Waals surface area (Å²) < 4.78 is 0. The average Bonchev–Trinajstić information content (AvgIpc) is 2.57. The molecule has 2 aromatic carbocycles. The number of aliphatic imine (C=N–C) groups is 1. The molecule has 0 saturated heterocycles. The van der Waals surface area contributed by atoms with Gasteiger partial charge in [0, 0.05) is 6.54 Å². The zero-order valence-electron chi connectivity index (χ0n) is 14.4. The van der Waals surface area contributed by atoms with Crippen molar-refractivity contribution in [3.8, 4) is 0 Å². The van der Waals surface area contributed by atoms with Crippen LogP contribution in [0, 0.1) is 10.1 Å². The molecular weight excluding hydrogens is 336 g/mol. The lowest BCUT2D eigenvalue weighted by Gasteiger charge is -2.18. The molecule has 0 radical (unpaired) electrons. The van der Waals surface area contributed by atoms with E-state index in [1.54, 1.807) is 12.3 Å². The molecule has 26 heavy (non-hydrogen) atoms. The van der Waals surface area contributed by atoms with Crippen molar-refractivity contribution < 1.29 is 9.83 Å². The Balaban J connectivity index is 2.04. The molecule has 0 fully saturated rings. The minimum absolute atomic E-state index is 0.264. The van der Waals surface area contributed by atoms with Gasteiger partial charge in [0.05, 0.1) is 12.1 Å². The van der Waals surface area contributed by atoms with Gasteiger partial charge in [-0.25, -0.2) is 15.1 Å². The van der Waals surface area contributed by atoms with Gasteiger partial charge in [-0.05, 0) is 29.7 Å². The van der Waals surface area contributed by atoms with Crippen molar-refractivity contribution in [2.75, 3.05) is 0 Å². The van der Waals surface area contributed by atoms with Gasteiger partial charge in [0.15, 0.2) is 5.03 Å². The summed E-state index contributed by atoms with van der Waals surface area (Å²) in [4.78, 5) is 26.0. The zero-order chi connectivity index (χ0) is 19.1. The number of hydrazine groups is 1. The van der Waals surface area contributed by atoms with Crippen LogP contribution in [-0.4, -0.2) is 29.0 Å². The lowest BCUT2D eigenvalue weighted by Crippen LogP contribution is -2.43. The predicted molar refractivity (Wildman–Crippen MR) is 99.6 cm³/mol. The number of nitrogens with two attached hydrogens (primary N) is 2. The molecule has 1 amide bonds. The van der Waals surface area contributed by atoms with Crippen molar-refractivity contribution in [2.24, 2.45) is 16.5 Å². The first-order chi connectivity index (χ1) is 12.4. The van der Waals surface area contributed by atoms with Crippen LogP contribution in [0.1, 0.15) is 18.9 Å². The maximum Gasteiger partial charge on any atom is 0.251 e. The highest BCUT2D eigenvalue weighted by atomic mass is 16.7. The van der Waals surface area contributed by atoms with Crippen LogP contribution in [0.5, 0.6) is 0 Å². The van der Waals surface area contributed by atoms with Crippen molar-refractivity contribution in [1.29, 1.82) is 0 Å². The van der Waals surface area contributed by atoms with Crippen molar-refractivity contribution in [3.05, 3.63) is 58.1 Å². The fourth-order valence-corrected chi connectivity index (χ4v) is 2.73. The summed E-state index contributed by atoms with van der Waals surface area (Å²) >= 11 is 0. The number of nitrogens with zero attached hydrogens (tertiary/aromatic N) is 2. The van der Waals surface area contributed by atoms with E-state index in [1.807, 2.05) is 42.5 Å². The van der Waals surface area contributed by atoms with Gasteiger partial charge in [0.1, 0.15) is 0 Å². The van der Waals surface area contributed by atoms with E-state index >= 15 is 0 Å². The monoisotopic (exact) mass is 358 g/mol. The molecule has 0 aliphatic rings. The van der Waals surface area contributed by atoms with Crippen molar-refractivity contribution >= 4 is 22.6 Å². The Morgan fingerprint density at radius 2 is 1.92 bits per heavy atom. The van der Waals surface area contributed by atoms with Crippen molar-refractivity contribution in [3.63, 3.8) is 0 Å². The number of rotatable bonds is 8. The van der Waals surface area contributed by atoms with Crippen molar-refractivity contribution in [1.82, 2.24) is 10.7 Å². The first kappa shape index (κ1) is 19.1. The van der Waals surface area contributed by atoms with Crippen LogP contribution in [-0.2, 0) is 11.3 Å². The second-order valence-electron chi connectivity index (χ2n) is 5.94. The van der Waals surface area contributed by atoms with Gasteiger partial charge in [-0.2, -0.15) is 0 Å². The first-order valence-corrected chi connectivity index (χ1v) is 8.10. The maximum absolute atomic E-state index is 11.7. The second kappa shape index (κ2) is 8.77. The summed E-state index contributed by atoms with van der Waals surface area (Å²) in [5.74, 6) is -0.840. The highest BCUT2D eigenvalue weighted by Gasteiger charge is 2.19. The lowest BCUT2D eigenvalue weighted by molar-refractivity contribution is -0.525. The molecule has 9 nitrogen and oxygen atoms in total. The van der Waals surface area contributed by atoms with Crippen LogP contribution in [0.25, 0.3) is 10.8 Å². The molecule has 0 saturated carbocycles. The molecule has 138 valence electrons. The Morgan fingerprint density at radius 3 is 2.62 bits per heavy atom. The van der Waals surface area contributed by atoms with Gasteiger partial charge in [-0.15, -0.1) is 0 Å². The molecule has 0 spiro atoms. The highest BCUT2D eigenvalue weighted by molar-refractivity contribution is 5.85. The number of hydrogen-bond acceptors (Lipinski definition) is 5. The Morgan fingerprint density at radius 1 is 1.23 bits per heavy atom. The van der Waals surface area contributed by atoms with Gasteiger partial charge >= 0.3 is 0 Å². The number of carbonyl (C=O) groups excluding carboxylic acids is 1. The molecule has 2 aromatic rings. The summed E-state index contributed by atoms with van der Waals surface area (Å²) in [6, 6.07) is 12.8. The molecule has 2 atom stereocenters. The standard InChI is InChI=1S/C17H22N6O3/c1-11(21-17(19)22-23(25)26)9-15(16(18)24)20-10-13-7-4-6-12-5-2-3-8-14(12)13/h2-8,11,15,20H,9-10H2,1H3,(H2,18,24)(H3,19,21,22)/t11?,15-/m0/s1. The summed E-state index contributed by atoms with van der Waals surface area (Å²) in [5.41, 5.74) is 13.7. The molecular formula is C17H22N6O3. The second-order valence-corrected chi connectivity index (χ2v) is 5.94. The van der Waals surface area contributed by atoms with Crippen LogP contribution in [0.4, 0.5) is 0 Å². The van der Waals surface area contributed by atoms with E-state index in [0.717, 1.165) is 16.3 Å². The minimum atomic E-state index is -0.796. The van der Waals surface area contributed by atoms with Crippen LogP contribution < -0.4 is 22.2 Å². The van der Waals surface area contributed by atoms with Crippen LogP contribution >= 0.6 is 0 Å². The zero-order valence-corrected chi connectivity index (χ0v) is 14.4. The summed E-state index contributed by atoms with van der Waals surface area (Å²) in [5, 5.41) is 14.9. The third-order valence-corrected chi connectivity index (χ3v) is 3.90. The predicted octanol–water partition coefficient (Wildman–Crippen LogP) is 0.658. The lowest BCUT2D eigenvalue weighted by atomic mass is 10.0. The Bertz CT molecular complexity index is 818. The number of fused-ring (bicyclic) bond motifs is 1. The summed E-state index contributed by atoms with van der Waals surface area (Å²) in [6.07, 6.45) is 0.264. The largest absolute Gasteiger partial charge is 0.368 e. The number of nitrogens with one attached hydrogen (secondary N) is 2. The normalized spacial score (nSPS) is 14.0. The van der Waals surface area contributed by atoms with E-state index in [-0.39, 0.29) is 12.4 Å². The number of nitro groups is 1. The molecule has 2 rings (SSSR count). The fourth-order valence-electron chi connectivity index (χ4n) is 2.73. The van der Waals surface area contributed by atoms with E-state index in [1.165, 1.54) is 0 Å². The van der Waals surface area contributed by atoms with E-state index in [0.29, 0.717) is 6.54 Å². The van der Waals surface area contributed by atoms with Crippen LogP contribution in [0.2, 0.25) is 0 Å². The molecule has 9 heteroatoms. The van der Waals surface area contributed by atoms with E-state index in [9.17, 15) is 14.9 Å². The molecule has 0 aromatic heterocycles. The van der Waals surface area contributed by atoms with Gasteiger partial charge in [-0.1, -0.05) is 47.9 Å². The van der Waals surface area contributed by atoms with Gasteiger partial charge in [0.25, 0.3) is 5.96 Å². The third kappa shape index (κ3) is 5.42. The Labute approximate surface area is 150 Å². The molecule has 1 unspecified atom stereocenters. The van der Waals surface area contributed by atoms with Gasteiger partial charge < -0.3 is 16.8 Å². The molecule has 0 heterocycles. The third-order valence-electron chi connectivity index (χ3n) is 3.90. The SMILES string of the molecule is CC(C[C@H](NCc1cccc2ccccc12)C(N)=O)N=C(N)N[N+](=O)[O-]. The number of hydrogen-bond donors (Lipinski definition) is 4. The number of carbonyl (C=O) groups is 1. The number of guanidine groups is 1. The minimum Gasteiger partial charge on any atom is -0.368 e. The summed E-state index contributed by atoms with van der Waals surface area (Å²) in [7, 11) is 0. The van der Waals surface area contributed by atoms with Gasteiger partial charge in [0.2, 0.25) is 5.91 Å². The van der Waals surface area contributed by atoms with E-state index < -0.39 is 23.0 Å². The van der Waals surface area contributed by atoms with Crippen molar-refractivity contribution in [2.45, 2.75) is 32.0 Å². The first-order valence-electron chi connectivity index (χ1n) is 8.10. The topological polar surface area (TPSA) is 149 Å². The summed E-state index contributed by atoms with van der Waals surface area (Å²) in [6.45, 7) is 2.15. The highest BCUT2D eigenvalue weighted by Crippen LogP contribution is 2.18. The molecule has 0 aliphatic carbocycles. The van der Waals surface area contributed by atoms with E-state index in [2.05, 4.69) is 10.3 Å². The van der Waals surface area contributed by atoms with E-state index in [4.69, 9.17) is 11.5 Å². The molecule has 0 aliphatic heterocycles. The molecule has 0 bridgehead atoms. The quantitative estimate of drug-likeness (QED) is 0.236. The average molecular weight is 358 g/mol. The van der Waals surface area contributed by atoms with Crippen LogP contribution in [0.15, 0.2) is 47.5 Å². The number of amides is 1. The maximum atomic E-state index is 11.7. The Kier molecular flexibility index (Phi) is 6.45. The number of primary amides is 1. The fraction of sp³-hybridized carbons (Fsp3) is 0.294. The molecule has 6 N–H and O–H groups in total.